The third kappa shape index (κ3) is 7.86. The van der Waals surface area contributed by atoms with Gasteiger partial charge in [-0.05, 0) is 70.8 Å². The zero-order valence-corrected chi connectivity index (χ0v) is 26.6. The number of aromatic hydroxyl groups is 7. The molecule has 0 unspecified atom stereocenters. The first kappa shape index (κ1) is 36.2. The summed E-state index contributed by atoms with van der Waals surface area (Å²) in [6, 6.07) is 12.9. The van der Waals surface area contributed by atoms with Gasteiger partial charge < -0.3 is 60.2 Å². The lowest BCUT2D eigenvalue weighted by Gasteiger charge is -2.22. The van der Waals surface area contributed by atoms with Crippen LogP contribution in [0.3, 0.4) is 0 Å². The summed E-state index contributed by atoms with van der Waals surface area (Å²) in [6.07, 6.45) is -4.21. The number of rotatable bonds is 12. The number of hydrogen-bond acceptors (Lipinski definition) is 14. The van der Waals surface area contributed by atoms with Crippen LogP contribution >= 0.6 is 0 Å². The number of fused-ring (bicyclic) bond motifs is 1. The second kappa shape index (κ2) is 14.8. The lowest BCUT2D eigenvalue weighted by atomic mass is 9.86. The third-order valence-corrected chi connectivity index (χ3v) is 8.05. The van der Waals surface area contributed by atoms with E-state index in [0.717, 1.165) is 42.5 Å². The fraction of sp³-hybridized carbons (Fsp3) is 0.167. The van der Waals surface area contributed by atoms with E-state index in [2.05, 4.69) is 0 Å². The molecule has 270 valence electrons. The van der Waals surface area contributed by atoms with Gasteiger partial charge in [0.15, 0.2) is 46.0 Å². The van der Waals surface area contributed by atoms with Crippen molar-refractivity contribution in [1.29, 1.82) is 0 Å². The van der Waals surface area contributed by atoms with Gasteiger partial charge in [-0.3, -0.25) is 4.79 Å². The molecule has 4 atom stereocenters. The van der Waals surface area contributed by atoms with Gasteiger partial charge in [0.1, 0.15) is 12.0 Å². The first-order valence-corrected chi connectivity index (χ1v) is 15.2. The molecule has 0 spiro atoms. The van der Waals surface area contributed by atoms with E-state index >= 15 is 0 Å². The standard InChI is InChI=1S/C36H30O16/c37-20-6-1-16(11-24(20)41)3-10-29(44)50-28(35(47)48)15-18-4-9-23(40)33-30(18)31(32(52-33)19-5-8-22(39)26(43)14-19)36(49)51-27(34(45)46)13-17-2-7-21(38)25(42)12-17/h1-12,14,27-28,31-32,37-43H,13,15H2,(H,45,46)(H,47,48)/b10-3+/t27-,28+,31+,32-/m1/s1. The second-order valence-electron chi connectivity index (χ2n) is 11.6. The Morgan fingerprint density at radius 2 is 1.23 bits per heavy atom. The van der Waals surface area contributed by atoms with E-state index in [9.17, 15) is 65.1 Å². The lowest BCUT2D eigenvalue weighted by molar-refractivity contribution is -0.166. The zero-order chi connectivity index (χ0) is 37.9. The molecule has 5 rings (SSSR count). The zero-order valence-electron chi connectivity index (χ0n) is 26.6. The van der Waals surface area contributed by atoms with Crippen molar-refractivity contribution in [3.8, 4) is 46.0 Å². The number of phenols is 7. The summed E-state index contributed by atoms with van der Waals surface area (Å²) in [4.78, 5) is 51.2. The van der Waals surface area contributed by atoms with Gasteiger partial charge in [0, 0.05) is 24.5 Å². The predicted molar refractivity (Wildman–Crippen MR) is 175 cm³/mol. The van der Waals surface area contributed by atoms with E-state index in [-0.39, 0.29) is 33.6 Å². The minimum atomic E-state index is -1.89. The Hall–Kier alpha value is -7.10. The molecule has 0 saturated carbocycles. The van der Waals surface area contributed by atoms with Crippen LogP contribution in [0.25, 0.3) is 6.08 Å². The predicted octanol–water partition coefficient (Wildman–Crippen LogP) is 3.33. The molecule has 0 amide bonds. The summed E-state index contributed by atoms with van der Waals surface area (Å²) in [6.45, 7) is 0. The fourth-order valence-electron chi connectivity index (χ4n) is 5.51. The molecule has 0 aromatic heterocycles. The van der Waals surface area contributed by atoms with Crippen LogP contribution in [0, 0.1) is 0 Å². The van der Waals surface area contributed by atoms with Gasteiger partial charge in [-0.2, -0.15) is 0 Å². The number of carbonyl (C=O) groups is 4. The van der Waals surface area contributed by atoms with Crippen LogP contribution in [0.1, 0.15) is 39.8 Å². The molecule has 4 aromatic carbocycles. The molecule has 1 aliphatic rings. The van der Waals surface area contributed by atoms with Gasteiger partial charge >= 0.3 is 23.9 Å². The molecule has 1 aliphatic heterocycles. The quantitative estimate of drug-likeness (QED) is 0.0577. The highest BCUT2D eigenvalue weighted by Gasteiger charge is 2.46. The molecule has 0 bridgehead atoms. The van der Waals surface area contributed by atoms with Crippen molar-refractivity contribution in [2.45, 2.75) is 37.1 Å². The Morgan fingerprint density at radius 1 is 0.654 bits per heavy atom. The van der Waals surface area contributed by atoms with Crippen LogP contribution < -0.4 is 4.74 Å². The van der Waals surface area contributed by atoms with Gasteiger partial charge in [-0.25, -0.2) is 14.4 Å². The van der Waals surface area contributed by atoms with Crippen LogP contribution in [0.4, 0.5) is 0 Å². The van der Waals surface area contributed by atoms with Crippen molar-refractivity contribution in [2.24, 2.45) is 0 Å². The summed E-state index contributed by atoms with van der Waals surface area (Å²) in [5.74, 6) is -11.1. The van der Waals surface area contributed by atoms with Crippen LogP contribution in [0.5, 0.6) is 46.0 Å². The minimum absolute atomic E-state index is 0.00298. The average Bonchev–Trinajstić information content (AvgIpc) is 3.50. The van der Waals surface area contributed by atoms with Gasteiger partial charge in [0.25, 0.3) is 0 Å². The maximum Gasteiger partial charge on any atom is 0.345 e. The lowest BCUT2D eigenvalue weighted by Crippen LogP contribution is -2.33. The smallest absolute Gasteiger partial charge is 0.345 e. The first-order valence-electron chi connectivity index (χ1n) is 15.2. The van der Waals surface area contributed by atoms with Crippen LogP contribution in [0.2, 0.25) is 0 Å². The molecule has 16 nitrogen and oxygen atoms in total. The largest absolute Gasteiger partial charge is 0.504 e. The highest BCUT2D eigenvalue weighted by atomic mass is 16.6. The van der Waals surface area contributed by atoms with Crippen molar-refractivity contribution in [3.05, 3.63) is 101 Å². The van der Waals surface area contributed by atoms with Crippen molar-refractivity contribution >= 4 is 30.0 Å². The molecular weight excluding hydrogens is 688 g/mol. The summed E-state index contributed by atoms with van der Waals surface area (Å²) in [5.41, 5.74) is 0.344. The molecule has 16 heteroatoms. The van der Waals surface area contributed by atoms with Crippen molar-refractivity contribution in [3.63, 3.8) is 0 Å². The number of phenolic OH excluding ortho intramolecular Hbond substituents is 7. The molecule has 0 radical (unpaired) electrons. The molecule has 0 fully saturated rings. The van der Waals surface area contributed by atoms with Gasteiger partial charge in [-0.15, -0.1) is 0 Å². The summed E-state index contributed by atoms with van der Waals surface area (Å²) < 4.78 is 16.6. The second-order valence-corrected chi connectivity index (χ2v) is 11.6. The van der Waals surface area contributed by atoms with E-state index in [1.807, 2.05) is 0 Å². The monoisotopic (exact) mass is 718 g/mol. The van der Waals surface area contributed by atoms with E-state index in [4.69, 9.17) is 14.2 Å². The Morgan fingerprint density at radius 3 is 1.85 bits per heavy atom. The number of aliphatic carboxylic acids is 2. The number of ether oxygens (including phenoxy) is 3. The number of carboxylic acid groups (broad SMARTS) is 2. The normalized spacial score (nSPS) is 16.0. The molecule has 1 heterocycles. The molecule has 4 aromatic rings. The van der Waals surface area contributed by atoms with Crippen LogP contribution in [-0.4, -0.2) is 82.0 Å². The number of carbonyl (C=O) groups excluding carboxylic acids is 2. The van der Waals surface area contributed by atoms with Crippen molar-refractivity contribution in [1.82, 2.24) is 0 Å². The highest BCUT2D eigenvalue weighted by molar-refractivity contribution is 5.90. The Balaban J connectivity index is 1.49. The van der Waals surface area contributed by atoms with E-state index in [0.29, 0.717) is 0 Å². The van der Waals surface area contributed by atoms with E-state index < -0.39 is 101 Å². The van der Waals surface area contributed by atoms with Crippen LogP contribution in [0.15, 0.2) is 72.8 Å². The number of benzene rings is 4. The summed E-state index contributed by atoms with van der Waals surface area (Å²) >= 11 is 0. The van der Waals surface area contributed by atoms with Gasteiger partial charge in [0.2, 0.25) is 12.2 Å². The topological polar surface area (TPSA) is 278 Å². The van der Waals surface area contributed by atoms with Crippen molar-refractivity contribution in [2.75, 3.05) is 0 Å². The summed E-state index contributed by atoms with van der Waals surface area (Å²) in [7, 11) is 0. The molecular formula is C36H30O16. The number of hydrogen-bond donors (Lipinski definition) is 9. The Bertz CT molecular complexity index is 2090. The maximum atomic E-state index is 14.0. The first-order chi connectivity index (χ1) is 24.6. The maximum absolute atomic E-state index is 14.0. The van der Waals surface area contributed by atoms with E-state index in [1.54, 1.807) is 0 Å². The molecule has 9 N–H and O–H groups in total. The molecule has 0 saturated heterocycles. The fourth-order valence-corrected chi connectivity index (χ4v) is 5.51. The SMILES string of the molecule is O=C(/C=C/c1ccc(O)c(O)c1)O[C@@H](Cc1ccc(O)c2c1[C@H](C(=O)O[C@H](Cc1ccc(O)c(O)c1)C(=O)O)[C@@H](c1ccc(O)c(O)c1)O2)C(=O)O. The Kier molecular flexibility index (Phi) is 10.3. The summed E-state index contributed by atoms with van der Waals surface area (Å²) in [5, 5.41) is 89.4. The van der Waals surface area contributed by atoms with Gasteiger partial charge in [-0.1, -0.05) is 24.3 Å². The van der Waals surface area contributed by atoms with Crippen LogP contribution in [-0.2, 0) is 41.5 Å². The number of carboxylic acids is 2. The molecule has 0 aliphatic carbocycles. The average molecular weight is 719 g/mol. The van der Waals surface area contributed by atoms with E-state index in [1.165, 1.54) is 36.4 Å². The molecule has 52 heavy (non-hydrogen) atoms. The van der Waals surface area contributed by atoms with Gasteiger partial charge in [0.05, 0.1) is 0 Å². The minimum Gasteiger partial charge on any atom is -0.504 e. The highest BCUT2D eigenvalue weighted by Crippen LogP contribution is 2.53. The third-order valence-electron chi connectivity index (χ3n) is 8.05. The van der Waals surface area contributed by atoms with Crippen molar-refractivity contribution < 1.29 is 79.3 Å². The Labute approximate surface area is 292 Å². The number of esters is 2.